The fourth-order valence-corrected chi connectivity index (χ4v) is 3.97. The Morgan fingerprint density at radius 2 is 1.88 bits per heavy atom. The van der Waals surface area contributed by atoms with Gasteiger partial charge in [-0.3, -0.25) is 0 Å². The first kappa shape index (κ1) is 19.3. The first-order valence-corrected chi connectivity index (χ1v) is 9.51. The van der Waals surface area contributed by atoms with E-state index in [4.69, 9.17) is 4.74 Å². The van der Waals surface area contributed by atoms with Crippen LogP contribution < -0.4 is 15.4 Å². The van der Waals surface area contributed by atoms with Gasteiger partial charge < -0.3 is 15.4 Å². The van der Waals surface area contributed by atoms with Crippen LogP contribution in [-0.2, 0) is 6.42 Å². The quantitative estimate of drug-likeness (QED) is 0.709. The Morgan fingerprint density at radius 3 is 2.62 bits per heavy atom. The Balaban J connectivity index is 1.63. The highest BCUT2D eigenvalue weighted by molar-refractivity contribution is 5.33. The van der Waals surface area contributed by atoms with Crippen LogP contribution in [0.2, 0.25) is 0 Å². The number of nitrogens with one attached hydrogen (secondary N) is 2. The van der Waals surface area contributed by atoms with E-state index in [0.29, 0.717) is 11.5 Å². The molecule has 1 saturated carbocycles. The highest BCUT2D eigenvalue weighted by atomic mass is 16.5. The molecule has 0 bridgehead atoms. The molecule has 0 aliphatic heterocycles. The monoisotopic (exact) mass is 332 g/mol. The molecule has 0 unspecified atom stereocenters. The highest BCUT2D eigenvalue weighted by Gasteiger charge is 2.38. The molecule has 3 heteroatoms. The number of hydrogen-bond donors (Lipinski definition) is 2. The van der Waals surface area contributed by atoms with Crippen LogP contribution in [0.5, 0.6) is 5.75 Å². The van der Waals surface area contributed by atoms with Gasteiger partial charge in [0.25, 0.3) is 0 Å². The molecule has 0 saturated heterocycles. The number of methoxy groups -OCH3 is 1. The predicted molar refractivity (Wildman–Crippen MR) is 103 cm³/mol. The lowest BCUT2D eigenvalue weighted by Crippen LogP contribution is -2.48. The first-order valence-electron chi connectivity index (χ1n) is 9.51. The maximum absolute atomic E-state index is 5.40. The van der Waals surface area contributed by atoms with Crippen molar-refractivity contribution < 1.29 is 4.74 Å². The van der Waals surface area contributed by atoms with Crippen molar-refractivity contribution in [1.29, 1.82) is 0 Å². The molecule has 0 radical (unpaired) electrons. The number of hydrogen-bond acceptors (Lipinski definition) is 3. The molecule has 0 spiro atoms. The molecule has 0 aromatic heterocycles. The Hall–Kier alpha value is -1.06. The van der Waals surface area contributed by atoms with Crippen molar-refractivity contribution in [2.24, 2.45) is 17.3 Å². The lowest BCUT2D eigenvalue weighted by molar-refractivity contribution is 0.0693. The Morgan fingerprint density at radius 1 is 1.12 bits per heavy atom. The van der Waals surface area contributed by atoms with Gasteiger partial charge in [-0.1, -0.05) is 45.9 Å². The van der Waals surface area contributed by atoms with Gasteiger partial charge in [-0.05, 0) is 54.7 Å². The van der Waals surface area contributed by atoms with E-state index in [1.54, 1.807) is 7.11 Å². The molecule has 3 atom stereocenters. The molecule has 1 aromatic rings. The molecule has 136 valence electrons. The van der Waals surface area contributed by atoms with Crippen LogP contribution in [0.25, 0.3) is 0 Å². The topological polar surface area (TPSA) is 33.3 Å². The number of ether oxygens (including phenoxy) is 1. The van der Waals surface area contributed by atoms with E-state index in [0.717, 1.165) is 43.6 Å². The third kappa shape index (κ3) is 4.97. The summed E-state index contributed by atoms with van der Waals surface area (Å²) in [6, 6.07) is 8.94. The average molecular weight is 333 g/mol. The van der Waals surface area contributed by atoms with Gasteiger partial charge in [0.2, 0.25) is 0 Å². The number of rotatable bonds is 8. The maximum Gasteiger partial charge on any atom is 0.122 e. The Kier molecular flexibility index (Phi) is 7.12. The van der Waals surface area contributed by atoms with Crippen molar-refractivity contribution in [1.82, 2.24) is 10.6 Å². The van der Waals surface area contributed by atoms with E-state index in [1.807, 2.05) is 12.1 Å². The molecule has 3 nitrogen and oxygen atoms in total. The zero-order chi connectivity index (χ0) is 17.6. The summed E-state index contributed by atoms with van der Waals surface area (Å²) >= 11 is 0. The van der Waals surface area contributed by atoms with E-state index in [1.165, 1.54) is 18.4 Å². The van der Waals surface area contributed by atoms with Crippen molar-refractivity contribution in [2.75, 3.05) is 26.7 Å². The minimum Gasteiger partial charge on any atom is -0.496 e. The van der Waals surface area contributed by atoms with E-state index in [2.05, 4.69) is 50.5 Å². The van der Waals surface area contributed by atoms with Gasteiger partial charge in [-0.15, -0.1) is 0 Å². The van der Waals surface area contributed by atoms with Crippen molar-refractivity contribution >= 4 is 0 Å². The third-order valence-electron chi connectivity index (χ3n) is 6.23. The molecular weight excluding hydrogens is 296 g/mol. The van der Waals surface area contributed by atoms with Crippen molar-refractivity contribution in [3.05, 3.63) is 29.8 Å². The second-order valence-electron chi connectivity index (χ2n) is 8.05. The smallest absolute Gasteiger partial charge is 0.122 e. The summed E-state index contributed by atoms with van der Waals surface area (Å²) in [5.41, 5.74) is 1.77. The zero-order valence-electron chi connectivity index (χ0n) is 16.2. The van der Waals surface area contributed by atoms with Crippen LogP contribution in [0.1, 0.15) is 46.1 Å². The minimum atomic E-state index is 0.491. The summed E-state index contributed by atoms with van der Waals surface area (Å²) in [7, 11) is 1.74. The first-order chi connectivity index (χ1) is 11.5. The van der Waals surface area contributed by atoms with Crippen LogP contribution in [0, 0.1) is 17.3 Å². The largest absolute Gasteiger partial charge is 0.496 e. The lowest BCUT2D eigenvalue weighted by Gasteiger charge is -2.45. The van der Waals surface area contributed by atoms with Gasteiger partial charge in [0.1, 0.15) is 5.75 Å². The molecular formula is C21H36N2O. The summed E-state index contributed by atoms with van der Waals surface area (Å²) < 4.78 is 5.40. The average Bonchev–Trinajstić information content (AvgIpc) is 2.58. The van der Waals surface area contributed by atoms with Gasteiger partial charge in [0.15, 0.2) is 0 Å². The standard InChI is InChI=1S/C21H36N2O/c1-16-17(2)21(3,4)12-10-19(16)23-15-14-22-13-11-18-8-6-7-9-20(18)24-5/h6-9,16-17,19,22-23H,10-15H2,1-5H3/t16-,17-,19-/m1/s1. The van der Waals surface area contributed by atoms with Crippen molar-refractivity contribution in [2.45, 2.75) is 53.0 Å². The van der Waals surface area contributed by atoms with E-state index < -0.39 is 0 Å². The summed E-state index contributed by atoms with van der Waals surface area (Å²) in [5, 5.41) is 7.32. The van der Waals surface area contributed by atoms with Crippen molar-refractivity contribution in [3.63, 3.8) is 0 Å². The molecule has 0 heterocycles. The summed E-state index contributed by atoms with van der Waals surface area (Å²) in [6.07, 6.45) is 3.65. The molecule has 1 fully saturated rings. The molecule has 1 aromatic carbocycles. The van der Waals surface area contributed by atoms with Gasteiger partial charge in [0.05, 0.1) is 7.11 Å². The van der Waals surface area contributed by atoms with Crippen LogP contribution in [-0.4, -0.2) is 32.8 Å². The Labute approximate surface area is 148 Å². The van der Waals surface area contributed by atoms with Crippen LogP contribution in [0.4, 0.5) is 0 Å². The van der Waals surface area contributed by atoms with Crippen LogP contribution in [0.15, 0.2) is 24.3 Å². The summed E-state index contributed by atoms with van der Waals surface area (Å²) in [5.74, 6) is 2.52. The van der Waals surface area contributed by atoms with E-state index in [-0.39, 0.29) is 0 Å². The lowest BCUT2D eigenvalue weighted by atomic mass is 9.63. The highest BCUT2D eigenvalue weighted by Crippen LogP contribution is 2.43. The second kappa shape index (κ2) is 8.87. The predicted octanol–water partition coefficient (Wildman–Crippen LogP) is 3.88. The van der Waals surface area contributed by atoms with Crippen molar-refractivity contribution in [3.8, 4) is 5.75 Å². The SMILES string of the molecule is COc1ccccc1CCNCCN[C@@H]1CCC(C)(C)[C@H](C)[C@H]1C. The number of para-hydroxylation sites is 1. The molecule has 24 heavy (non-hydrogen) atoms. The third-order valence-corrected chi connectivity index (χ3v) is 6.23. The van der Waals surface area contributed by atoms with Gasteiger partial charge in [0, 0.05) is 19.1 Å². The van der Waals surface area contributed by atoms with Gasteiger partial charge in [-0.25, -0.2) is 0 Å². The molecule has 0 amide bonds. The van der Waals surface area contributed by atoms with E-state index in [9.17, 15) is 0 Å². The normalized spacial score (nSPS) is 26.3. The molecule has 2 N–H and O–H groups in total. The summed E-state index contributed by atoms with van der Waals surface area (Å²) in [6.45, 7) is 12.7. The maximum atomic E-state index is 5.40. The number of benzene rings is 1. The fraction of sp³-hybridized carbons (Fsp3) is 0.714. The molecule has 2 rings (SSSR count). The Bertz CT molecular complexity index is 500. The zero-order valence-corrected chi connectivity index (χ0v) is 16.2. The second-order valence-corrected chi connectivity index (χ2v) is 8.05. The van der Waals surface area contributed by atoms with Crippen LogP contribution >= 0.6 is 0 Å². The van der Waals surface area contributed by atoms with E-state index >= 15 is 0 Å². The van der Waals surface area contributed by atoms with Gasteiger partial charge >= 0.3 is 0 Å². The van der Waals surface area contributed by atoms with Crippen LogP contribution in [0.3, 0.4) is 0 Å². The van der Waals surface area contributed by atoms with Gasteiger partial charge in [-0.2, -0.15) is 0 Å². The summed E-state index contributed by atoms with van der Waals surface area (Å²) in [4.78, 5) is 0. The minimum absolute atomic E-state index is 0.491. The fourth-order valence-electron chi connectivity index (χ4n) is 3.97. The molecule has 1 aliphatic rings. The molecule has 1 aliphatic carbocycles.